The molecule has 2 unspecified atom stereocenters. The predicted molar refractivity (Wildman–Crippen MR) is 73.2 cm³/mol. The molecule has 4 heteroatoms. The molecule has 0 aromatic carbocycles. The Morgan fingerprint density at radius 3 is 2.75 bits per heavy atom. The Balaban J connectivity index is 1.95. The van der Waals surface area contributed by atoms with Gasteiger partial charge in [0.2, 0.25) is 5.91 Å². The highest BCUT2D eigenvalue weighted by atomic mass is 79.9. The highest BCUT2D eigenvalue weighted by molar-refractivity contribution is 9.09. The van der Waals surface area contributed by atoms with Crippen molar-refractivity contribution < 1.29 is 4.79 Å². The van der Waals surface area contributed by atoms with Crippen molar-refractivity contribution >= 4 is 33.6 Å². The lowest BCUT2D eigenvalue weighted by molar-refractivity contribution is -0.133. The summed E-state index contributed by atoms with van der Waals surface area (Å²) in [5.41, 5.74) is 0. The van der Waals surface area contributed by atoms with E-state index in [0.717, 1.165) is 18.3 Å². The van der Waals surface area contributed by atoms with Gasteiger partial charge in [0.25, 0.3) is 0 Å². The van der Waals surface area contributed by atoms with Crippen molar-refractivity contribution in [2.24, 2.45) is 0 Å². The number of rotatable bonds is 2. The monoisotopic (exact) mass is 305 g/mol. The number of thioether (sulfide) groups is 1. The van der Waals surface area contributed by atoms with E-state index in [1.165, 1.54) is 37.9 Å². The van der Waals surface area contributed by atoms with Gasteiger partial charge in [-0.2, -0.15) is 0 Å². The summed E-state index contributed by atoms with van der Waals surface area (Å²) in [5, 5.41) is 1.20. The van der Waals surface area contributed by atoms with Crippen molar-refractivity contribution in [1.29, 1.82) is 0 Å². The zero-order valence-electron chi connectivity index (χ0n) is 9.66. The molecule has 0 bridgehead atoms. The first-order valence-corrected chi connectivity index (χ1v) is 8.48. The molecule has 1 amide bonds. The van der Waals surface area contributed by atoms with Crippen LogP contribution in [0.15, 0.2) is 0 Å². The zero-order chi connectivity index (χ0) is 11.4. The molecule has 0 N–H and O–H groups in total. The summed E-state index contributed by atoms with van der Waals surface area (Å²) < 4.78 is 0. The fourth-order valence-corrected chi connectivity index (χ4v) is 4.51. The molecular weight excluding hydrogens is 286 g/mol. The highest BCUT2D eigenvalue weighted by Gasteiger charge is 2.31. The van der Waals surface area contributed by atoms with E-state index in [4.69, 9.17) is 0 Å². The minimum absolute atomic E-state index is 0.258. The number of amides is 1. The number of hydrogen-bond donors (Lipinski definition) is 0. The highest BCUT2D eigenvalue weighted by Crippen LogP contribution is 2.29. The van der Waals surface area contributed by atoms with Crippen molar-refractivity contribution in [2.45, 2.75) is 49.8 Å². The van der Waals surface area contributed by atoms with Crippen molar-refractivity contribution in [3.8, 4) is 0 Å². The Bertz CT molecular complexity index is 243. The first kappa shape index (κ1) is 12.7. The lowest BCUT2D eigenvalue weighted by atomic mass is 10.0. The van der Waals surface area contributed by atoms with E-state index in [1.807, 2.05) is 11.8 Å². The van der Waals surface area contributed by atoms with Gasteiger partial charge < -0.3 is 4.90 Å². The number of halogens is 1. The van der Waals surface area contributed by atoms with Gasteiger partial charge in [0.05, 0.1) is 5.25 Å². The molecule has 0 aromatic heterocycles. The molecule has 2 heterocycles. The molecule has 2 saturated heterocycles. The van der Waals surface area contributed by atoms with E-state index in [0.29, 0.717) is 11.9 Å². The quantitative estimate of drug-likeness (QED) is 0.731. The van der Waals surface area contributed by atoms with Gasteiger partial charge in [-0.25, -0.2) is 0 Å². The minimum Gasteiger partial charge on any atom is -0.338 e. The molecule has 2 atom stereocenters. The molecule has 2 rings (SSSR count). The van der Waals surface area contributed by atoms with E-state index < -0.39 is 0 Å². The van der Waals surface area contributed by atoms with E-state index in [2.05, 4.69) is 20.8 Å². The number of hydrogen-bond acceptors (Lipinski definition) is 2. The lowest BCUT2D eigenvalue weighted by Crippen LogP contribution is -2.48. The summed E-state index contributed by atoms with van der Waals surface area (Å²) in [5.74, 6) is 1.58. The fraction of sp³-hybridized carbons (Fsp3) is 0.917. The molecule has 0 spiro atoms. The van der Waals surface area contributed by atoms with Crippen LogP contribution in [0.25, 0.3) is 0 Å². The second-order valence-electron chi connectivity index (χ2n) is 4.69. The second kappa shape index (κ2) is 6.29. The van der Waals surface area contributed by atoms with Crippen LogP contribution < -0.4 is 0 Å². The first-order valence-electron chi connectivity index (χ1n) is 6.31. The average Bonchev–Trinajstić information content (AvgIpc) is 2.39. The molecule has 0 aliphatic carbocycles. The van der Waals surface area contributed by atoms with Gasteiger partial charge in [-0.15, -0.1) is 11.8 Å². The normalized spacial score (nSPS) is 31.4. The SMILES string of the molecule is O=C(C1CCCCS1)N1CCCCC1CBr. The Hall–Kier alpha value is 0.300. The van der Waals surface area contributed by atoms with Crippen LogP contribution in [-0.4, -0.2) is 39.7 Å². The van der Waals surface area contributed by atoms with Crippen LogP contribution in [-0.2, 0) is 4.79 Å². The van der Waals surface area contributed by atoms with Crippen LogP contribution in [0.2, 0.25) is 0 Å². The Morgan fingerprint density at radius 1 is 1.25 bits per heavy atom. The van der Waals surface area contributed by atoms with Crippen LogP contribution in [0.4, 0.5) is 0 Å². The van der Waals surface area contributed by atoms with Gasteiger partial charge >= 0.3 is 0 Å². The average molecular weight is 306 g/mol. The van der Waals surface area contributed by atoms with Gasteiger partial charge in [0.1, 0.15) is 0 Å². The minimum atomic E-state index is 0.258. The maximum absolute atomic E-state index is 12.4. The van der Waals surface area contributed by atoms with Crippen LogP contribution >= 0.6 is 27.7 Å². The summed E-state index contributed by atoms with van der Waals surface area (Å²) in [6.45, 7) is 0.978. The van der Waals surface area contributed by atoms with E-state index in [-0.39, 0.29) is 5.25 Å². The van der Waals surface area contributed by atoms with Crippen molar-refractivity contribution in [2.75, 3.05) is 17.6 Å². The summed E-state index contributed by atoms with van der Waals surface area (Å²) in [6.07, 6.45) is 7.25. The van der Waals surface area contributed by atoms with Crippen molar-refractivity contribution in [1.82, 2.24) is 4.90 Å². The number of nitrogens with zero attached hydrogens (tertiary/aromatic N) is 1. The maximum atomic E-state index is 12.4. The van der Waals surface area contributed by atoms with Gasteiger partial charge in [-0.3, -0.25) is 4.79 Å². The largest absolute Gasteiger partial charge is 0.338 e. The summed E-state index contributed by atoms with van der Waals surface area (Å²) in [4.78, 5) is 14.5. The second-order valence-corrected chi connectivity index (χ2v) is 6.65. The molecular formula is C12H20BrNOS. The topological polar surface area (TPSA) is 20.3 Å². The maximum Gasteiger partial charge on any atom is 0.235 e. The molecule has 2 aliphatic heterocycles. The number of alkyl halides is 1. The molecule has 16 heavy (non-hydrogen) atoms. The van der Waals surface area contributed by atoms with E-state index >= 15 is 0 Å². The molecule has 0 aromatic rings. The Morgan fingerprint density at radius 2 is 2.06 bits per heavy atom. The summed E-state index contributed by atoms with van der Waals surface area (Å²) in [6, 6.07) is 0.448. The molecule has 2 nitrogen and oxygen atoms in total. The molecule has 0 radical (unpaired) electrons. The van der Waals surface area contributed by atoms with Gasteiger partial charge in [0, 0.05) is 17.9 Å². The first-order chi connectivity index (χ1) is 7.83. The van der Waals surface area contributed by atoms with Crippen molar-refractivity contribution in [3.63, 3.8) is 0 Å². The standard InChI is InChI=1S/C12H20BrNOS/c13-9-10-5-1-3-7-14(10)12(15)11-6-2-4-8-16-11/h10-11H,1-9H2. The third-order valence-electron chi connectivity index (χ3n) is 3.54. The zero-order valence-corrected chi connectivity index (χ0v) is 12.1. The number of carbonyl (C=O) groups is 1. The third kappa shape index (κ3) is 2.95. The molecule has 92 valence electrons. The van der Waals surface area contributed by atoms with Gasteiger partial charge in [-0.05, 0) is 37.9 Å². The van der Waals surface area contributed by atoms with Gasteiger partial charge in [-0.1, -0.05) is 22.4 Å². The predicted octanol–water partition coefficient (Wildman–Crippen LogP) is 3.05. The summed E-state index contributed by atoms with van der Waals surface area (Å²) >= 11 is 5.41. The van der Waals surface area contributed by atoms with Crippen LogP contribution in [0.3, 0.4) is 0 Å². The number of piperidine rings is 1. The molecule has 0 saturated carbocycles. The van der Waals surface area contributed by atoms with Crippen LogP contribution in [0.5, 0.6) is 0 Å². The number of likely N-dealkylation sites (tertiary alicyclic amines) is 1. The Kier molecular flexibility index (Phi) is 5.01. The van der Waals surface area contributed by atoms with Gasteiger partial charge in [0.15, 0.2) is 0 Å². The van der Waals surface area contributed by atoms with Crippen LogP contribution in [0, 0.1) is 0 Å². The number of carbonyl (C=O) groups excluding carboxylic acids is 1. The molecule has 2 aliphatic rings. The van der Waals surface area contributed by atoms with E-state index in [9.17, 15) is 4.79 Å². The third-order valence-corrected chi connectivity index (χ3v) is 5.65. The lowest BCUT2D eigenvalue weighted by Gasteiger charge is -2.37. The summed E-state index contributed by atoms with van der Waals surface area (Å²) in [7, 11) is 0. The molecule has 2 fully saturated rings. The van der Waals surface area contributed by atoms with Crippen molar-refractivity contribution in [3.05, 3.63) is 0 Å². The van der Waals surface area contributed by atoms with Crippen LogP contribution in [0.1, 0.15) is 38.5 Å². The fourth-order valence-electron chi connectivity index (χ4n) is 2.57. The Labute approximate surface area is 111 Å². The smallest absolute Gasteiger partial charge is 0.235 e. The van der Waals surface area contributed by atoms with E-state index in [1.54, 1.807) is 0 Å².